The summed E-state index contributed by atoms with van der Waals surface area (Å²) >= 11 is 6.03. The third-order valence-corrected chi connectivity index (χ3v) is 6.11. The zero-order valence-electron chi connectivity index (χ0n) is 15.9. The van der Waals surface area contributed by atoms with Crippen LogP contribution in [0, 0.1) is 0 Å². The molecule has 1 aliphatic rings. The number of nitrogens with two attached hydrogens (primary N) is 2. The summed E-state index contributed by atoms with van der Waals surface area (Å²) in [5, 5.41) is 8.70. The van der Waals surface area contributed by atoms with E-state index in [4.69, 9.17) is 22.5 Å². The Hall–Kier alpha value is -2.87. The minimum absolute atomic E-state index is 0.0241. The molecule has 0 unspecified atom stereocenters. The van der Waals surface area contributed by atoms with Crippen molar-refractivity contribution in [3.8, 4) is 22.3 Å². The average molecular weight is 442 g/mol. The van der Waals surface area contributed by atoms with Gasteiger partial charge in [-0.3, -0.25) is 4.79 Å². The van der Waals surface area contributed by atoms with E-state index in [1.807, 2.05) is 12.1 Å². The molecular weight excluding hydrogens is 422 g/mol. The molecule has 3 aromatic rings. The number of amides is 1. The molecule has 0 aliphatic heterocycles. The number of carbonyl (C=O) groups excluding carboxylic acids is 1. The predicted molar refractivity (Wildman–Crippen MR) is 119 cm³/mol. The second kappa shape index (κ2) is 7.75. The molecule has 0 aromatic heterocycles. The van der Waals surface area contributed by atoms with E-state index in [0.29, 0.717) is 16.3 Å². The highest BCUT2D eigenvalue weighted by Crippen LogP contribution is 2.33. The normalized spacial score (nSPS) is 13.8. The van der Waals surface area contributed by atoms with Gasteiger partial charge in [-0.15, -0.1) is 0 Å². The summed E-state index contributed by atoms with van der Waals surface area (Å²) in [4.78, 5) is 12.8. The lowest BCUT2D eigenvalue weighted by molar-refractivity contribution is 0.0951. The number of nitrogen functional groups attached to an aromatic ring is 1. The molecular formula is C22H20ClN3O3S. The summed E-state index contributed by atoms with van der Waals surface area (Å²) in [5.41, 5.74) is 10.2. The van der Waals surface area contributed by atoms with Gasteiger partial charge in [0.2, 0.25) is 10.0 Å². The van der Waals surface area contributed by atoms with E-state index in [2.05, 4.69) is 5.32 Å². The second-order valence-corrected chi connectivity index (χ2v) is 9.35. The van der Waals surface area contributed by atoms with Crippen LogP contribution in [0.3, 0.4) is 0 Å². The molecule has 5 N–H and O–H groups in total. The summed E-state index contributed by atoms with van der Waals surface area (Å²) in [6.07, 6.45) is 1.97. The first kappa shape index (κ1) is 20.4. The summed E-state index contributed by atoms with van der Waals surface area (Å²) in [5.74, 6) is -0.158. The number of nitrogens with one attached hydrogen (secondary N) is 1. The molecule has 1 amide bonds. The van der Waals surface area contributed by atoms with Crippen molar-refractivity contribution in [1.29, 1.82) is 0 Å². The molecule has 1 aliphatic carbocycles. The van der Waals surface area contributed by atoms with Crippen LogP contribution < -0.4 is 16.2 Å². The van der Waals surface area contributed by atoms with E-state index in [9.17, 15) is 13.2 Å². The van der Waals surface area contributed by atoms with Gasteiger partial charge in [-0.25, -0.2) is 13.6 Å². The van der Waals surface area contributed by atoms with Crippen molar-refractivity contribution in [2.24, 2.45) is 5.14 Å². The smallest absolute Gasteiger partial charge is 0.251 e. The summed E-state index contributed by atoms with van der Waals surface area (Å²) in [6.45, 7) is 0. The molecule has 30 heavy (non-hydrogen) atoms. The standard InChI is InChI=1S/C22H20ClN3O3S/c23-17-3-8-20(21(24)12-17)15-9-14(10-16(11-15)22(27)26-18-4-5-18)13-1-6-19(7-2-13)30(25,28)29/h1-3,6-12,18H,4-5,24H2,(H,26,27)(H2,25,28,29). The average Bonchev–Trinajstić information content (AvgIpc) is 3.51. The van der Waals surface area contributed by atoms with Crippen LogP contribution in [0.25, 0.3) is 22.3 Å². The van der Waals surface area contributed by atoms with Crippen molar-refractivity contribution >= 4 is 33.2 Å². The van der Waals surface area contributed by atoms with Crippen LogP contribution >= 0.6 is 11.6 Å². The Morgan fingerprint density at radius 3 is 2.20 bits per heavy atom. The molecule has 154 valence electrons. The highest BCUT2D eigenvalue weighted by molar-refractivity contribution is 7.89. The summed E-state index contributed by atoms with van der Waals surface area (Å²) < 4.78 is 23.1. The molecule has 0 saturated heterocycles. The molecule has 1 fully saturated rings. The van der Waals surface area contributed by atoms with E-state index in [-0.39, 0.29) is 16.8 Å². The zero-order chi connectivity index (χ0) is 21.5. The predicted octanol–water partition coefficient (Wildman–Crippen LogP) is 3.80. The summed E-state index contributed by atoms with van der Waals surface area (Å²) in [6, 6.07) is 17.1. The number of sulfonamides is 1. The van der Waals surface area contributed by atoms with Crippen LogP contribution in [0.2, 0.25) is 5.02 Å². The maximum Gasteiger partial charge on any atom is 0.251 e. The van der Waals surface area contributed by atoms with Crippen LogP contribution in [0.1, 0.15) is 23.2 Å². The van der Waals surface area contributed by atoms with E-state index in [1.54, 1.807) is 36.4 Å². The number of anilines is 1. The number of hydrogen-bond acceptors (Lipinski definition) is 4. The fraction of sp³-hybridized carbons (Fsp3) is 0.136. The molecule has 3 aromatic carbocycles. The fourth-order valence-corrected chi connectivity index (χ4v) is 3.91. The first-order valence-electron chi connectivity index (χ1n) is 9.35. The van der Waals surface area contributed by atoms with Crippen LogP contribution in [0.4, 0.5) is 5.69 Å². The minimum Gasteiger partial charge on any atom is -0.398 e. The highest BCUT2D eigenvalue weighted by Gasteiger charge is 2.24. The van der Waals surface area contributed by atoms with Crippen molar-refractivity contribution in [2.75, 3.05) is 5.73 Å². The van der Waals surface area contributed by atoms with Crippen molar-refractivity contribution in [1.82, 2.24) is 5.32 Å². The topological polar surface area (TPSA) is 115 Å². The lowest BCUT2D eigenvalue weighted by Crippen LogP contribution is -2.25. The molecule has 0 spiro atoms. The van der Waals surface area contributed by atoms with Gasteiger partial charge in [0, 0.05) is 27.9 Å². The van der Waals surface area contributed by atoms with Crippen molar-refractivity contribution in [3.05, 3.63) is 71.2 Å². The van der Waals surface area contributed by atoms with Gasteiger partial charge >= 0.3 is 0 Å². The number of rotatable bonds is 5. The van der Waals surface area contributed by atoms with Gasteiger partial charge in [-0.2, -0.15) is 0 Å². The zero-order valence-corrected chi connectivity index (χ0v) is 17.5. The Balaban J connectivity index is 1.81. The Kier molecular flexibility index (Phi) is 5.27. The van der Waals surface area contributed by atoms with Gasteiger partial charge in [0.25, 0.3) is 5.91 Å². The van der Waals surface area contributed by atoms with E-state index < -0.39 is 10.0 Å². The van der Waals surface area contributed by atoms with Crippen molar-refractivity contribution in [2.45, 2.75) is 23.8 Å². The summed E-state index contributed by atoms with van der Waals surface area (Å²) in [7, 11) is -3.78. The van der Waals surface area contributed by atoms with Gasteiger partial charge in [-0.1, -0.05) is 29.8 Å². The fourth-order valence-electron chi connectivity index (χ4n) is 3.21. The maximum atomic E-state index is 12.7. The largest absolute Gasteiger partial charge is 0.398 e. The number of hydrogen-bond donors (Lipinski definition) is 3. The lowest BCUT2D eigenvalue weighted by Gasteiger charge is -2.13. The van der Waals surface area contributed by atoms with Crippen LogP contribution in [0.5, 0.6) is 0 Å². The van der Waals surface area contributed by atoms with Gasteiger partial charge in [0.1, 0.15) is 0 Å². The third kappa shape index (κ3) is 4.48. The Bertz CT molecular complexity index is 1240. The monoisotopic (exact) mass is 441 g/mol. The van der Waals surface area contributed by atoms with Gasteiger partial charge < -0.3 is 11.1 Å². The first-order chi connectivity index (χ1) is 14.2. The molecule has 0 radical (unpaired) electrons. The number of halogens is 1. The second-order valence-electron chi connectivity index (χ2n) is 7.35. The molecule has 0 atom stereocenters. The van der Waals surface area contributed by atoms with Gasteiger partial charge in [0.05, 0.1) is 4.90 Å². The molecule has 1 saturated carbocycles. The Morgan fingerprint density at radius 2 is 1.60 bits per heavy atom. The maximum absolute atomic E-state index is 12.7. The highest BCUT2D eigenvalue weighted by atomic mass is 35.5. The van der Waals surface area contributed by atoms with E-state index >= 15 is 0 Å². The number of benzene rings is 3. The Labute approximate surface area is 179 Å². The number of carbonyl (C=O) groups is 1. The van der Waals surface area contributed by atoms with E-state index in [1.165, 1.54) is 12.1 Å². The van der Waals surface area contributed by atoms with Crippen LogP contribution in [-0.4, -0.2) is 20.4 Å². The molecule has 6 nitrogen and oxygen atoms in total. The van der Waals surface area contributed by atoms with Gasteiger partial charge in [0.15, 0.2) is 0 Å². The van der Waals surface area contributed by atoms with Gasteiger partial charge in [-0.05, 0) is 72.0 Å². The van der Waals surface area contributed by atoms with Crippen LogP contribution in [0.15, 0.2) is 65.6 Å². The van der Waals surface area contributed by atoms with E-state index in [0.717, 1.165) is 35.1 Å². The lowest BCUT2D eigenvalue weighted by atomic mass is 9.95. The minimum atomic E-state index is -3.78. The van der Waals surface area contributed by atoms with Crippen molar-refractivity contribution in [3.63, 3.8) is 0 Å². The SMILES string of the molecule is Nc1cc(Cl)ccc1-c1cc(C(=O)NC2CC2)cc(-c2ccc(S(N)(=O)=O)cc2)c1. The molecule has 8 heteroatoms. The molecule has 4 rings (SSSR count). The number of primary sulfonamides is 1. The quantitative estimate of drug-likeness (QED) is 0.522. The van der Waals surface area contributed by atoms with Crippen LogP contribution in [-0.2, 0) is 10.0 Å². The third-order valence-electron chi connectivity index (χ3n) is 4.95. The molecule has 0 bridgehead atoms. The Morgan fingerprint density at radius 1 is 0.933 bits per heavy atom. The molecule has 0 heterocycles. The van der Waals surface area contributed by atoms with Crippen molar-refractivity contribution < 1.29 is 13.2 Å². The first-order valence-corrected chi connectivity index (χ1v) is 11.3.